The van der Waals surface area contributed by atoms with Gasteiger partial charge in [0.05, 0.1) is 5.41 Å². The summed E-state index contributed by atoms with van der Waals surface area (Å²) in [4.78, 5) is 12.2. The van der Waals surface area contributed by atoms with E-state index < -0.39 is 17.3 Å². The molecule has 0 aromatic rings. The average Bonchev–Trinajstić information content (AvgIpc) is 2.90. The zero-order chi connectivity index (χ0) is 18.2. The summed E-state index contributed by atoms with van der Waals surface area (Å²) in [6.07, 6.45) is 7.93. The molecule has 0 amide bonds. The molecule has 3 fully saturated rings. The molecule has 138 valence electrons. The Bertz CT molecular complexity index is 675. The minimum atomic E-state index is -2.10. The first kappa shape index (κ1) is 17.4. The Morgan fingerprint density at radius 3 is 2.48 bits per heavy atom. The summed E-state index contributed by atoms with van der Waals surface area (Å²) in [5, 5.41) is 32.0. The SMILES string of the molecule is CC(=O)[C@@H]1CC[C@H]2C3=CC=C4CCC(O)C(O)(O)[C@@]4(C)[C@@H]3CC[C@]12C. The maximum Gasteiger partial charge on any atom is 0.199 e. The summed E-state index contributed by atoms with van der Waals surface area (Å²) in [7, 11) is 0. The molecule has 0 aromatic carbocycles. The van der Waals surface area contributed by atoms with E-state index >= 15 is 0 Å². The van der Waals surface area contributed by atoms with Crippen LogP contribution in [0.3, 0.4) is 0 Å². The van der Waals surface area contributed by atoms with Gasteiger partial charge in [-0.05, 0) is 69.6 Å². The first-order chi connectivity index (χ1) is 11.6. The number of carbonyl (C=O) groups excluding carboxylic acids is 1. The molecule has 0 bridgehead atoms. The summed E-state index contributed by atoms with van der Waals surface area (Å²) in [5.74, 6) is -1.35. The first-order valence-corrected chi connectivity index (χ1v) is 9.68. The molecular formula is C21H30O4. The van der Waals surface area contributed by atoms with E-state index in [4.69, 9.17) is 0 Å². The summed E-state index contributed by atoms with van der Waals surface area (Å²) < 4.78 is 0. The van der Waals surface area contributed by atoms with Crippen molar-refractivity contribution in [3.63, 3.8) is 0 Å². The van der Waals surface area contributed by atoms with Crippen LogP contribution in [0.5, 0.6) is 0 Å². The Labute approximate surface area is 149 Å². The summed E-state index contributed by atoms with van der Waals surface area (Å²) in [6, 6.07) is 0. The van der Waals surface area contributed by atoms with E-state index in [0.717, 1.165) is 31.3 Å². The fourth-order valence-corrected chi connectivity index (χ4v) is 6.79. The molecule has 3 saturated carbocycles. The monoisotopic (exact) mass is 346 g/mol. The van der Waals surface area contributed by atoms with E-state index in [-0.39, 0.29) is 23.0 Å². The Morgan fingerprint density at radius 2 is 1.80 bits per heavy atom. The molecule has 3 N–H and O–H groups in total. The molecule has 0 heterocycles. The van der Waals surface area contributed by atoms with Gasteiger partial charge in [-0.25, -0.2) is 0 Å². The number of hydrogen-bond acceptors (Lipinski definition) is 4. The fourth-order valence-electron chi connectivity index (χ4n) is 6.79. The summed E-state index contributed by atoms with van der Waals surface area (Å²) in [6.45, 7) is 5.87. The van der Waals surface area contributed by atoms with Gasteiger partial charge in [0.2, 0.25) is 0 Å². The predicted molar refractivity (Wildman–Crippen MR) is 94.4 cm³/mol. The summed E-state index contributed by atoms with van der Waals surface area (Å²) in [5.41, 5.74) is 1.45. The van der Waals surface area contributed by atoms with Crippen LogP contribution >= 0.6 is 0 Å². The molecule has 0 saturated heterocycles. The van der Waals surface area contributed by atoms with E-state index in [1.54, 1.807) is 6.92 Å². The van der Waals surface area contributed by atoms with Gasteiger partial charge in [-0.15, -0.1) is 0 Å². The van der Waals surface area contributed by atoms with Crippen molar-refractivity contribution in [2.45, 2.75) is 71.2 Å². The summed E-state index contributed by atoms with van der Waals surface area (Å²) >= 11 is 0. The van der Waals surface area contributed by atoms with Gasteiger partial charge in [0.15, 0.2) is 5.79 Å². The zero-order valence-corrected chi connectivity index (χ0v) is 15.5. The highest BCUT2D eigenvalue weighted by atomic mass is 16.5. The molecule has 0 radical (unpaired) electrons. The number of Topliss-reactive ketones (excluding diaryl/α,β-unsaturated/α-hetero) is 1. The van der Waals surface area contributed by atoms with E-state index in [2.05, 4.69) is 19.1 Å². The second kappa shape index (κ2) is 5.28. The van der Waals surface area contributed by atoms with Crippen LogP contribution in [0.15, 0.2) is 23.3 Å². The lowest BCUT2D eigenvalue weighted by atomic mass is 9.48. The van der Waals surface area contributed by atoms with Crippen molar-refractivity contribution in [1.82, 2.24) is 0 Å². The number of fused-ring (bicyclic) bond motifs is 5. The third-order valence-electron chi connectivity index (χ3n) is 8.36. The third kappa shape index (κ3) is 2.02. The van der Waals surface area contributed by atoms with Crippen LogP contribution < -0.4 is 0 Å². The van der Waals surface area contributed by atoms with Gasteiger partial charge in [0.25, 0.3) is 0 Å². The van der Waals surface area contributed by atoms with Crippen molar-refractivity contribution in [3.8, 4) is 0 Å². The molecule has 0 spiro atoms. The molecule has 1 unspecified atom stereocenters. The first-order valence-electron chi connectivity index (χ1n) is 9.68. The Balaban J connectivity index is 1.78. The van der Waals surface area contributed by atoms with E-state index in [1.807, 2.05) is 6.92 Å². The Morgan fingerprint density at radius 1 is 1.08 bits per heavy atom. The molecule has 4 aliphatic carbocycles. The van der Waals surface area contributed by atoms with Crippen LogP contribution in [0.1, 0.15) is 59.3 Å². The molecule has 4 aliphatic rings. The Hall–Kier alpha value is -0.970. The third-order valence-corrected chi connectivity index (χ3v) is 8.36. The van der Waals surface area contributed by atoms with Crippen molar-refractivity contribution in [2.75, 3.05) is 0 Å². The van der Waals surface area contributed by atoms with Crippen molar-refractivity contribution in [2.24, 2.45) is 28.6 Å². The minimum Gasteiger partial charge on any atom is -0.387 e. The Kier molecular flexibility index (Phi) is 3.68. The highest BCUT2D eigenvalue weighted by Gasteiger charge is 2.64. The van der Waals surface area contributed by atoms with E-state index in [9.17, 15) is 20.1 Å². The molecule has 0 aliphatic heterocycles. The lowest BCUT2D eigenvalue weighted by molar-refractivity contribution is -0.300. The molecule has 0 aromatic heterocycles. The largest absolute Gasteiger partial charge is 0.387 e. The highest BCUT2D eigenvalue weighted by Crippen LogP contribution is 2.66. The van der Waals surface area contributed by atoms with Gasteiger partial charge >= 0.3 is 0 Å². The van der Waals surface area contributed by atoms with Crippen LogP contribution in [0.25, 0.3) is 0 Å². The van der Waals surface area contributed by atoms with Crippen LogP contribution in [0.4, 0.5) is 0 Å². The standard InChI is InChI=1S/C21H30O4/c1-12(22)15-7-8-16-14-6-4-13-5-9-18(23)21(24,25)20(13,3)17(14)10-11-19(15,16)2/h4,6,15-18,23-25H,5,7-11H2,1-3H3/t15-,16-,17+,18?,19+,20+/m0/s1. The van der Waals surface area contributed by atoms with Crippen LogP contribution in [-0.2, 0) is 4.79 Å². The number of hydrogen-bond donors (Lipinski definition) is 3. The van der Waals surface area contributed by atoms with Gasteiger partial charge in [-0.3, -0.25) is 4.79 Å². The van der Waals surface area contributed by atoms with Crippen LogP contribution in [0.2, 0.25) is 0 Å². The van der Waals surface area contributed by atoms with Crippen molar-refractivity contribution >= 4 is 5.78 Å². The molecule has 4 rings (SSSR count). The van der Waals surface area contributed by atoms with Gasteiger partial charge in [0.1, 0.15) is 11.9 Å². The van der Waals surface area contributed by atoms with Gasteiger partial charge in [-0.1, -0.05) is 30.2 Å². The topological polar surface area (TPSA) is 77.8 Å². The normalized spacial score (nSPS) is 47.9. The number of aliphatic hydroxyl groups excluding tert-OH is 1. The highest BCUT2D eigenvalue weighted by molar-refractivity contribution is 5.79. The maximum absolute atomic E-state index is 12.2. The van der Waals surface area contributed by atoms with Crippen LogP contribution in [-0.4, -0.2) is 33.0 Å². The maximum atomic E-state index is 12.2. The predicted octanol–water partition coefficient (Wildman–Crippen LogP) is 2.73. The second-order valence-electron chi connectivity index (χ2n) is 9.23. The number of rotatable bonds is 1. The van der Waals surface area contributed by atoms with E-state index in [0.29, 0.717) is 18.8 Å². The second-order valence-corrected chi connectivity index (χ2v) is 9.23. The van der Waals surface area contributed by atoms with Gasteiger partial charge in [0, 0.05) is 5.92 Å². The number of carbonyl (C=O) groups is 1. The van der Waals surface area contributed by atoms with Crippen LogP contribution in [0, 0.1) is 28.6 Å². The van der Waals surface area contributed by atoms with Gasteiger partial charge < -0.3 is 15.3 Å². The average molecular weight is 346 g/mol. The molecule has 4 nitrogen and oxygen atoms in total. The van der Waals surface area contributed by atoms with Crippen molar-refractivity contribution < 1.29 is 20.1 Å². The quantitative estimate of drug-likeness (QED) is 0.638. The number of allylic oxidation sites excluding steroid dienone is 3. The van der Waals surface area contributed by atoms with Crippen molar-refractivity contribution in [1.29, 1.82) is 0 Å². The molecule has 4 heteroatoms. The fraction of sp³-hybridized carbons (Fsp3) is 0.762. The lowest BCUT2D eigenvalue weighted by Crippen LogP contribution is -2.63. The smallest absolute Gasteiger partial charge is 0.199 e. The molecule has 25 heavy (non-hydrogen) atoms. The number of aliphatic hydroxyl groups is 3. The van der Waals surface area contributed by atoms with Crippen molar-refractivity contribution in [3.05, 3.63) is 23.3 Å². The lowest BCUT2D eigenvalue weighted by Gasteiger charge is -2.58. The van der Waals surface area contributed by atoms with E-state index in [1.165, 1.54) is 5.57 Å². The zero-order valence-electron chi connectivity index (χ0n) is 15.5. The molecular weight excluding hydrogens is 316 g/mol. The minimum absolute atomic E-state index is 0.0171. The molecule has 6 atom stereocenters. The van der Waals surface area contributed by atoms with Gasteiger partial charge in [-0.2, -0.15) is 0 Å². The number of ketones is 1.